The van der Waals surface area contributed by atoms with Crippen LogP contribution in [0.4, 0.5) is 0 Å². The summed E-state index contributed by atoms with van der Waals surface area (Å²) in [6, 6.07) is 16.1. The minimum atomic E-state index is 0.0638. The van der Waals surface area contributed by atoms with Crippen molar-refractivity contribution >= 4 is 11.9 Å². The molecule has 0 spiro atoms. The molecule has 0 aromatic heterocycles. The molecule has 0 aliphatic heterocycles. The summed E-state index contributed by atoms with van der Waals surface area (Å²) < 4.78 is 0. The van der Waals surface area contributed by atoms with E-state index in [1.54, 1.807) is 6.08 Å². The zero-order valence-electron chi connectivity index (χ0n) is 12.8. The smallest absolute Gasteiger partial charge is 0.185 e. The molecule has 1 heteroatoms. The Morgan fingerprint density at radius 2 is 1.86 bits per heavy atom. The molecule has 1 nitrogen and oxygen atoms in total. The van der Waals surface area contributed by atoms with E-state index in [0.29, 0.717) is 0 Å². The van der Waals surface area contributed by atoms with E-state index in [2.05, 4.69) is 32.0 Å². The van der Waals surface area contributed by atoms with Crippen molar-refractivity contribution < 1.29 is 4.79 Å². The molecule has 0 saturated carbocycles. The highest BCUT2D eigenvalue weighted by molar-refractivity contribution is 6.06. The molecule has 2 aromatic rings. The monoisotopic (exact) mass is 278 g/mol. The van der Waals surface area contributed by atoms with Gasteiger partial charge in [-0.3, -0.25) is 4.79 Å². The largest absolute Gasteiger partial charge is 0.289 e. The minimum Gasteiger partial charge on any atom is -0.289 e. The third-order valence-corrected chi connectivity index (χ3v) is 3.54. The van der Waals surface area contributed by atoms with Crippen molar-refractivity contribution in [2.45, 2.75) is 33.1 Å². The van der Waals surface area contributed by atoms with Gasteiger partial charge >= 0.3 is 0 Å². The Balaban J connectivity index is 2.07. The summed E-state index contributed by atoms with van der Waals surface area (Å²) in [5.74, 6) is 0.0638. The van der Waals surface area contributed by atoms with Gasteiger partial charge in [0.15, 0.2) is 5.78 Å². The molecule has 0 N–H and O–H groups in total. The van der Waals surface area contributed by atoms with Gasteiger partial charge in [0, 0.05) is 5.56 Å². The van der Waals surface area contributed by atoms with Gasteiger partial charge < -0.3 is 0 Å². The molecular weight excluding hydrogens is 256 g/mol. The van der Waals surface area contributed by atoms with E-state index in [1.165, 1.54) is 17.5 Å². The van der Waals surface area contributed by atoms with Crippen LogP contribution < -0.4 is 0 Å². The second-order valence-electron chi connectivity index (χ2n) is 5.41. The predicted octanol–water partition coefficient (Wildman–Crippen LogP) is 5.23. The van der Waals surface area contributed by atoms with Gasteiger partial charge in [0.25, 0.3) is 0 Å². The fraction of sp³-hybridized carbons (Fsp3) is 0.250. The van der Waals surface area contributed by atoms with E-state index < -0.39 is 0 Å². The average molecular weight is 278 g/mol. The van der Waals surface area contributed by atoms with Crippen molar-refractivity contribution in [2.24, 2.45) is 0 Å². The lowest BCUT2D eigenvalue weighted by Gasteiger charge is -2.02. The van der Waals surface area contributed by atoms with Crippen LogP contribution in [0.5, 0.6) is 0 Å². The van der Waals surface area contributed by atoms with Gasteiger partial charge in [-0.2, -0.15) is 0 Å². The normalized spacial score (nSPS) is 11.0. The molecule has 0 radical (unpaired) electrons. The van der Waals surface area contributed by atoms with Gasteiger partial charge in [0.2, 0.25) is 0 Å². The van der Waals surface area contributed by atoms with Gasteiger partial charge in [-0.1, -0.05) is 67.4 Å². The molecule has 0 heterocycles. The van der Waals surface area contributed by atoms with E-state index in [0.717, 1.165) is 24.0 Å². The maximum atomic E-state index is 12.2. The third kappa shape index (κ3) is 4.71. The number of allylic oxidation sites excluding steroid dienone is 1. The Morgan fingerprint density at radius 3 is 2.57 bits per heavy atom. The molecular formula is C20H22O. The molecule has 108 valence electrons. The quantitative estimate of drug-likeness (QED) is 0.522. The molecule has 21 heavy (non-hydrogen) atoms. The lowest BCUT2D eigenvalue weighted by molar-refractivity contribution is 0.104. The van der Waals surface area contributed by atoms with Crippen molar-refractivity contribution in [3.8, 4) is 0 Å². The first-order chi connectivity index (χ1) is 10.2. The van der Waals surface area contributed by atoms with Crippen LogP contribution in [0.1, 0.15) is 46.8 Å². The van der Waals surface area contributed by atoms with E-state index in [4.69, 9.17) is 0 Å². The van der Waals surface area contributed by atoms with Gasteiger partial charge in [-0.05, 0) is 43.0 Å². The van der Waals surface area contributed by atoms with Crippen LogP contribution >= 0.6 is 0 Å². The highest BCUT2D eigenvalue weighted by Crippen LogP contribution is 2.11. The van der Waals surface area contributed by atoms with Gasteiger partial charge in [0.1, 0.15) is 0 Å². The molecule has 0 atom stereocenters. The Bertz CT molecular complexity index is 621. The van der Waals surface area contributed by atoms with Crippen molar-refractivity contribution in [3.63, 3.8) is 0 Å². The lowest BCUT2D eigenvalue weighted by atomic mass is 10.0. The van der Waals surface area contributed by atoms with Gasteiger partial charge in [-0.25, -0.2) is 0 Å². The Hall–Kier alpha value is -2.15. The van der Waals surface area contributed by atoms with Gasteiger partial charge in [-0.15, -0.1) is 0 Å². The first-order valence-corrected chi connectivity index (χ1v) is 7.57. The summed E-state index contributed by atoms with van der Waals surface area (Å²) in [5.41, 5.74) is 4.29. The van der Waals surface area contributed by atoms with Crippen LogP contribution in [0, 0.1) is 6.92 Å². The summed E-state index contributed by atoms with van der Waals surface area (Å²) in [6.07, 6.45) is 6.91. The highest BCUT2D eigenvalue weighted by atomic mass is 16.1. The summed E-state index contributed by atoms with van der Waals surface area (Å²) >= 11 is 0. The molecule has 0 aliphatic rings. The molecule has 2 rings (SSSR count). The van der Waals surface area contributed by atoms with E-state index >= 15 is 0 Å². The number of benzene rings is 2. The molecule has 0 amide bonds. The fourth-order valence-corrected chi connectivity index (χ4v) is 2.21. The van der Waals surface area contributed by atoms with E-state index in [9.17, 15) is 4.79 Å². The zero-order valence-corrected chi connectivity index (χ0v) is 12.8. The number of rotatable bonds is 6. The lowest BCUT2D eigenvalue weighted by Crippen LogP contribution is -1.96. The maximum Gasteiger partial charge on any atom is 0.185 e. The Kier molecular flexibility index (Phi) is 5.51. The average Bonchev–Trinajstić information content (AvgIpc) is 2.52. The van der Waals surface area contributed by atoms with E-state index in [1.807, 2.05) is 36.4 Å². The zero-order chi connectivity index (χ0) is 15.1. The first kappa shape index (κ1) is 15.2. The standard InChI is InChI=1S/C20H22O/c1-3-4-6-18-7-5-8-19(15-18)20(21)14-13-17-11-9-16(2)10-12-17/h5,7-15H,3-4,6H2,1-2H3. The number of hydrogen-bond acceptors (Lipinski definition) is 1. The topological polar surface area (TPSA) is 17.1 Å². The van der Waals surface area contributed by atoms with Crippen LogP contribution in [-0.4, -0.2) is 5.78 Å². The number of unbranched alkanes of at least 4 members (excludes halogenated alkanes) is 1. The summed E-state index contributed by atoms with van der Waals surface area (Å²) in [6.45, 7) is 4.24. The van der Waals surface area contributed by atoms with Gasteiger partial charge in [0.05, 0.1) is 0 Å². The SMILES string of the molecule is CCCCc1cccc(C(=O)C=Cc2ccc(C)cc2)c1. The molecule has 0 unspecified atom stereocenters. The third-order valence-electron chi connectivity index (χ3n) is 3.54. The molecule has 2 aromatic carbocycles. The number of hydrogen-bond donors (Lipinski definition) is 0. The van der Waals surface area contributed by atoms with Crippen molar-refractivity contribution in [1.82, 2.24) is 0 Å². The van der Waals surface area contributed by atoms with Crippen molar-refractivity contribution in [1.29, 1.82) is 0 Å². The van der Waals surface area contributed by atoms with Crippen molar-refractivity contribution in [3.05, 3.63) is 76.9 Å². The fourth-order valence-electron chi connectivity index (χ4n) is 2.21. The second-order valence-corrected chi connectivity index (χ2v) is 5.41. The Morgan fingerprint density at radius 1 is 1.10 bits per heavy atom. The summed E-state index contributed by atoms with van der Waals surface area (Å²) in [5, 5.41) is 0. The molecule has 0 bridgehead atoms. The van der Waals surface area contributed by atoms with Crippen molar-refractivity contribution in [2.75, 3.05) is 0 Å². The number of carbonyl (C=O) groups is 1. The molecule has 0 fully saturated rings. The first-order valence-electron chi connectivity index (χ1n) is 7.57. The Labute approximate surface area is 127 Å². The number of ketones is 1. The van der Waals surface area contributed by atoms with Crippen LogP contribution in [0.2, 0.25) is 0 Å². The second kappa shape index (κ2) is 7.58. The van der Waals surface area contributed by atoms with E-state index in [-0.39, 0.29) is 5.78 Å². The van der Waals surface area contributed by atoms with Crippen LogP contribution in [0.3, 0.4) is 0 Å². The number of carbonyl (C=O) groups excluding carboxylic acids is 1. The minimum absolute atomic E-state index is 0.0638. The number of aryl methyl sites for hydroxylation is 2. The maximum absolute atomic E-state index is 12.2. The molecule has 0 saturated heterocycles. The summed E-state index contributed by atoms with van der Waals surface area (Å²) in [4.78, 5) is 12.2. The molecule has 0 aliphatic carbocycles. The summed E-state index contributed by atoms with van der Waals surface area (Å²) in [7, 11) is 0. The predicted molar refractivity (Wildman–Crippen MR) is 89.6 cm³/mol. The van der Waals surface area contributed by atoms with Crippen LogP contribution in [0.15, 0.2) is 54.6 Å². The van der Waals surface area contributed by atoms with Crippen LogP contribution in [-0.2, 0) is 6.42 Å². The van der Waals surface area contributed by atoms with Crippen LogP contribution in [0.25, 0.3) is 6.08 Å². The highest BCUT2D eigenvalue weighted by Gasteiger charge is 2.02.